The maximum atomic E-state index is 11.9. The van der Waals surface area contributed by atoms with Gasteiger partial charge in [-0.25, -0.2) is 4.98 Å². The Morgan fingerprint density at radius 3 is 2.37 bits per heavy atom. The third-order valence-corrected chi connectivity index (χ3v) is 3.59. The summed E-state index contributed by atoms with van der Waals surface area (Å²) in [6.45, 7) is 3.84. The molecule has 98 valence electrons. The van der Waals surface area contributed by atoms with E-state index >= 15 is 0 Å². The standard InChI is InChI=1S/C14H14N2O2S/c1-9-8-19-13(16-9)7-15-14(18)12-5-3-11(4-6-12)10(2)17/h3-6,8H,7H2,1-2H3,(H,15,18). The molecule has 5 heteroatoms. The highest BCUT2D eigenvalue weighted by molar-refractivity contribution is 7.09. The summed E-state index contributed by atoms with van der Waals surface area (Å²) in [6, 6.07) is 6.62. The molecule has 19 heavy (non-hydrogen) atoms. The number of thiazole rings is 1. The van der Waals surface area contributed by atoms with Crippen molar-refractivity contribution in [2.45, 2.75) is 20.4 Å². The monoisotopic (exact) mass is 274 g/mol. The van der Waals surface area contributed by atoms with Gasteiger partial charge < -0.3 is 5.32 Å². The lowest BCUT2D eigenvalue weighted by molar-refractivity contribution is 0.0948. The highest BCUT2D eigenvalue weighted by atomic mass is 32.1. The average Bonchev–Trinajstić information content (AvgIpc) is 2.82. The molecule has 0 spiro atoms. The van der Waals surface area contributed by atoms with Crippen LogP contribution in [0.2, 0.25) is 0 Å². The fourth-order valence-corrected chi connectivity index (χ4v) is 2.31. The molecule has 0 saturated carbocycles. The lowest BCUT2D eigenvalue weighted by atomic mass is 10.1. The molecule has 0 saturated heterocycles. The number of rotatable bonds is 4. The molecular formula is C14H14N2O2S. The molecule has 4 nitrogen and oxygen atoms in total. The Hall–Kier alpha value is -2.01. The van der Waals surface area contributed by atoms with Crippen LogP contribution in [0.5, 0.6) is 0 Å². The fourth-order valence-electron chi connectivity index (χ4n) is 1.60. The average molecular weight is 274 g/mol. The molecule has 0 aliphatic rings. The minimum atomic E-state index is -0.164. The van der Waals surface area contributed by atoms with Crippen LogP contribution in [0.1, 0.15) is 38.3 Å². The minimum Gasteiger partial charge on any atom is -0.346 e. The van der Waals surface area contributed by atoms with Crippen molar-refractivity contribution in [3.05, 3.63) is 51.5 Å². The highest BCUT2D eigenvalue weighted by Gasteiger charge is 2.07. The van der Waals surface area contributed by atoms with E-state index in [2.05, 4.69) is 10.3 Å². The van der Waals surface area contributed by atoms with E-state index in [9.17, 15) is 9.59 Å². The van der Waals surface area contributed by atoms with Crippen molar-refractivity contribution in [3.8, 4) is 0 Å². The summed E-state index contributed by atoms with van der Waals surface area (Å²) >= 11 is 1.52. The molecule has 1 heterocycles. The maximum Gasteiger partial charge on any atom is 0.251 e. The number of hydrogen-bond donors (Lipinski definition) is 1. The zero-order chi connectivity index (χ0) is 13.8. The molecule has 0 atom stereocenters. The normalized spacial score (nSPS) is 10.2. The molecule has 2 rings (SSSR count). The predicted molar refractivity (Wildman–Crippen MR) is 74.5 cm³/mol. The van der Waals surface area contributed by atoms with E-state index in [4.69, 9.17) is 0 Å². The molecule has 0 unspecified atom stereocenters. The Bertz CT molecular complexity index is 602. The van der Waals surface area contributed by atoms with E-state index in [1.54, 1.807) is 24.3 Å². The molecular weight excluding hydrogens is 260 g/mol. The molecule has 0 aliphatic carbocycles. The Morgan fingerprint density at radius 1 is 1.21 bits per heavy atom. The lowest BCUT2D eigenvalue weighted by Gasteiger charge is -2.03. The van der Waals surface area contributed by atoms with Crippen LogP contribution in [0.15, 0.2) is 29.6 Å². The van der Waals surface area contributed by atoms with E-state index < -0.39 is 0 Å². The summed E-state index contributed by atoms with van der Waals surface area (Å²) < 4.78 is 0. The number of aryl methyl sites for hydroxylation is 1. The van der Waals surface area contributed by atoms with Gasteiger partial charge in [-0.3, -0.25) is 9.59 Å². The van der Waals surface area contributed by atoms with Crippen molar-refractivity contribution < 1.29 is 9.59 Å². The second-order valence-corrected chi connectivity index (χ2v) is 5.14. The van der Waals surface area contributed by atoms with Crippen LogP contribution < -0.4 is 5.32 Å². The number of benzene rings is 1. The van der Waals surface area contributed by atoms with Crippen LogP contribution in [0.25, 0.3) is 0 Å². The van der Waals surface area contributed by atoms with Crippen LogP contribution in [0, 0.1) is 6.92 Å². The van der Waals surface area contributed by atoms with Gasteiger partial charge in [0, 0.05) is 22.2 Å². The number of hydrogen-bond acceptors (Lipinski definition) is 4. The van der Waals surface area contributed by atoms with Gasteiger partial charge in [0.2, 0.25) is 0 Å². The Kier molecular flexibility index (Phi) is 4.06. The summed E-state index contributed by atoms with van der Waals surface area (Å²) in [5.74, 6) is -0.173. The highest BCUT2D eigenvalue weighted by Crippen LogP contribution is 2.09. The van der Waals surface area contributed by atoms with Gasteiger partial charge in [0.1, 0.15) is 5.01 Å². The van der Waals surface area contributed by atoms with Crippen molar-refractivity contribution in [1.29, 1.82) is 0 Å². The molecule has 1 aromatic heterocycles. The van der Waals surface area contributed by atoms with Gasteiger partial charge in [0.25, 0.3) is 5.91 Å². The van der Waals surface area contributed by atoms with Crippen LogP contribution in [0.3, 0.4) is 0 Å². The van der Waals surface area contributed by atoms with E-state index in [0.717, 1.165) is 10.7 Å². The van der Waals surface area contributed by atoms with Gasteiger partial charge in [-0.05, 0) is 26.0 Å². The SMILES string of the molecule is CC(=O)c1ccc(C(=O)NCc2nc(C)cs2)cc1. The number of nitrogens with one attached hydrogen (secondary N) is 1. The third-order valence-electron chi connectivity index (χ3n) is 2.62. The van der Waals surface area contributed by atoms with Crippen LogP contribution in [0.4, 0.5) is 0 Å². The minimum absolute atomic E-state index is 0.00906. The second-order valence-electron chi connectivity index (χ2n) is 4.20. The van der Waals surface area contributed by atoms with Crippen LogP contribution in [-0.2, 0) is 6.54 Å². The smallest absolute Gasteiger partial charge is 0.251 e. The number of Topliss-reactive ketones (excluding diaryl/α,β-unsaturated/α-hetero) is 1. The quantitative estimate of drug-likeness (QED) is 0.872. The van der Waals surface area contributed by atoms with Crippen LogP contribution in [-0.4, -0.2) is 16.7 Å². The molecule has 1 aromatic carbocycles. The van der Waals surface area contributed by atoms with Gasteiger partial charge in [0.05, 0.1) is 6.54 Å². The van der Waals surface area contributed by atoms with Crippen molar-refractivity contribution in [3.63, 3.8) is 0 Å². The van der Waals surface area contributed by atoms with Crippen LogP contribution >= 0.6 is 11.3 Å². The molecule has 0 radical (unpaired) electrons. The summed E-state index contributed by atoms with van der Waals surface area (Å²) in [7, 11) is 0. The molecule has 0 fully saturated rings. The van der Waals surface area contributed by atoms with Gasteiger partial charge >= 0.3 is 0 Å². The lowest BCUT2D eigenvalue weighted by Crippen LogP contribution is -2.22. The van der Waals surface area contributed by atoms with E-state index in [1.807, 2.05) is 12.3 Å². The first kappa shape index (κ1) is 13.4. The van der Waals surface area contributed by atoms with Gasteiger partial charge in [0.15, 0.2) is 5.78 Å². The van der Waals surface area contributed by atoms with Crippen molar-refractivity contribution >= 4 is 23.0 Å². The third kappa shape index (κ3) is 3.48. The molecule has 0 aliphatic heterocycles. The Morgan fingerprint density at radius 2 is 1.84 bits per heavy atom. The van der Waals surface area contributed by atoms with E-state index in [-0.39, 0.29) is 11.7 Å². The summed E-state index contributed by atoms with van der Waals surface area (Å²) in [5, 5.41) is 5.63. The summed E-state index contributed by atoms with van der Waals surface area (Å²) in [6.07, 6.45) is 0. The number of ketones is 1. The number of carbonyl (C=O) groups excluding carboxylic acids is 2. The number of aromatic nitrogens is 1. The second kappa shape index (κ2) is 5.75. The van der Waals surface area contributed by atoms with Crippen molar-refractivity contribution in [2.24, 2.45) is 0 Å². The Labute approximate surface area is 115 Å². The van der Waals surface area contributed by atoms with Gasteiger partial charge in [-0.15, -0.1) is 11.3 Å². The molecule has 1 amide bonds. The number of nitrogens with zero attached hydrogens (tertiary/aromatic N) is 1. The first-order valence-corrected chi connectivity index (χ1v) is 6.74. The molecule has 2 aromatic rings. The topological polar surface area (TPSA) is 59.1 Å². The van der Waals surface area contributed by atoms with Crippen molar-refractivity contribution in [1.82, 2.24) is 10.3 Å². The van der Waals surface area contributed by atoms with Crippen molar-refractivity contribution in [2.75, 3.05) is 0 Å². The van der Waals surface area contributed by atoms with Gasteiger partial charge in [-0.1, -0.05) is 12.1 Å². The zero-order valence-corrected chi connectivity index (χ0v) is 11.6. The first-order valence-electron chi connectivity index (χ1n) is 5.86. The molecule has 0 bridgehead atoms. The molecule has 1 N–H and O–H groups in total. The van der Waals surface area contributed by atoms with E-state index in [1.165, 1.54) is 18.3 Å². The fraction of sp³-hybridized carbons (Fsp3) is 0.214. The summed E-state index contributed by atoms with van der Waals surface area (Å²) in [5.41, 5.74) is 2.10. The predicted octanol–water partition coefficient (Wildman–Crippen LogP) is 2.58. The first-order chi connectivity index (χ1) is 9.06. The Balaban J connectivity index is 1.98. The number of amides is 1. The van der Waals surface area contributed by atoms with E-state index in [0.29, 0.717) is 17.7 Å². The zero-order valence-electron chi connectivity index (χ0n) is 10.8. The number of carbonyl (C=O) groups is 2. The largest absolute Gasteiger partial charge is 0.346 e. The van der Waals surface area contributed by atoms with Gasteiger partial charge in [-0.2, -0.15) is 0 Å². The summed E-state index contributed by atoms with van der Waals surface area (Å²) in [4.78, 5) is 27.3. The maximum absolute atomic E-state index is 11.9.